The van der Waals surface area contributed by atoms with Crippen LogP contribution in [0.5, 0.6) is 0 Å². The van der Waals surface area contributed by atoms with Gasteiger partial charge in [-0.25, -0.2) is 13.8 Å². The Balaban J connectivity index is 2.16. The van der Waals surface area contributed by atoms with E-state index in [4.69, 9.17) is 5.73 Å². The molecule has 0 spiro atoms. The van der Waals surface area contributed by atoms with Crippen LogP contribution in [0.4, 0.5) is 14.7 Å². The van der Waals surface area contributed by atoms with E-state index in [0.29, 0.717) is 11.4 Å². The Labute approximate surface area is 116 Å². The summed E-state index contributed by atoms with van der Waals surface area (Å²) in [6.07, 6.45) is 5.62. The molecule has 0 amide bonds. The number of nitrogens with two attached hydrogens (primary N) is 1. The van der Waals surface area contributed by atoms with E-state index in [1.807, 2.05) is 4.57 Å². The van der Waals surface area contributed by atoms with Crippen molar-refractivity contribution < 1.29 is 8.78 Å². The first-order valence-electron chi connectivity index (χ1n) is 7.20. The average Bonchev–Trinajstić information content (AvgIpc) is 2.56. The maximum Gasteiger partial charge on any atom is 0.201 e. The third-order valence-corrected chi connectivity index (χ3v) is 4.39. The van der Waals surface area contributed by atoms with E-state index < -0.39 is 11.6 Å². The third kappa shape index (κ3) is 2.15. The fourth-order valence-electron chi connectivity index (χ4n) is 3.34. The van der Waals surface area contributed by atoms with E-state index in [1.165, 1.54) is 18.9 Å². The standard InChI is InChI=1S/C15H19F2N3/c1-9-5-3-2-4-6-12(9)20-13-8-10(16)7-11(17)14(13)19-15(20)18/h7-9,12H,2-6H2,1H3,(H2,18,19). The minimum absolute atomic E-state index is 0.167. The van der Waals surface area contributed by atoms with Crippen molar-refractivity contribution in [2.45, 2.75) is 45.1 Å². The van der Waals surface area contributed by atoms with Gasteiger partial charge in [-0.1, -0.05) is 26.2 Å². The summed E-state index contributed by atoms with van der Waals surface area (Å²) in [5, 5.41) is 0. The highest BCUT2D eigenvalue weighted by atomic mass is 19.1. The van der Waals surface area contributed by atoms with E-state index in [1.54, 1.807) is 0 Å². The summed E-state index contributed by atoms with van der Waals surface area (Å²) in [5.74, 6) is -0.518. The summed E-state index contributed by atoms with van der Waals surface area (Å²) in [6.45, 7) is 2.18. The summed E-state index contributed by atoms with van der Waals surface area (Å²) in [4.78, 5) is 4.09. The second-order valence-electron chi connectivity index (χ2n) is 5.78. The van der Waals surface area contributed by atoms with Crippen LogP contribution in [0.2, 0.25) is 0 Å². The molecule has 2 unspecified atom stereocenters. The van der Waals surface area contributed by atoms with Gasteiger partial charge in [-0.15, -0.1) is 0 Å². The fourth-order valence-corrected chi connectivity index (χ4v) is 3.34. The molecule has 1 aromatic carbocycles. The van der Waals surface area contributed by atoms with Crippen LogP contribution >= 0.6 is 0 Å². The Morgan fingerprint density at radius 3 is 2.75 bits per heavy atom. The number of nitrogen functional groups attached to an aromatic ring is 1. The van der Waals surface area contributed by atoms with Gasteiger partial charge >= 0.3 is 0 Å². The number of benzene rings is 1. The SMILES string of the molecule is CC1CCCCCC1n1c(N)nc2c(F)cc(F)cc21. The highest BCUT2D eigenvalue weighted by molar-refractivity contribution is 5.79. The second kappa shape index (κ2) is 5.04. The molecule has 3 nitrogen and oxygen atoms in total. The molecule has 1 fully saturated rings. The van der Waals surface area contributed by atoms with Crippen molar-refractivity contribution in [2.24, 2.45) is 5.92 Å². The van der Waals surface area contributed by atoms with Gasteiger partial charge in [0.1, 0.15) is 11.3 Å². The number of halogens is 2. The lowest BCUT2D eigenvalue weighted by Gasteiger charge is -2.24. The minimum Gasteiger partial charge on any atom is -0.369 e. The molecular weight excluding hydrogens is 260 g/mol. The van der Waals surface area contributed by atoms with Crippen LogP contribution < -0.4 is 5.73 Å². The van der Waals surface area contributed by atoms with Gasteiger partial charge < -0.3 is 10.3 Å². The van der Waals surface area contributed by atoms with Crippen LogP contribution in [-0.4, -0.2) is 9.55 Å². The monoisotopic (exact) mass is 279 g/mol. The van der Waals surface area contributed by atoms with Crippen molar-refractivity contribution in [3.63, 3.8) is 0 Å². The molecule has 1 aliphatic carbocycles. The topological polar surface area (TPSA) is 43.8 Å². The highest BCUT2D eigenvalue weighted by Crippen LogP contribution is 2.36. The van der Waals surface area contributed by atoms with Gasteiger partial charge in [0.15, 0.2) is 5.82 Å². The van der Waals surface area contributed by atoms with E-state index in [-0.39, 0.29) is 17.5 Å². The van der Waals surface area contributed by atoms with Crippen LogP contribution in [0.3, 0.4) is 0 Å². The summed E-state index contributed by atoms with van der Waals surface area (Å²) < 4.78 is 29.2. The van der Waals surface area contributed by atoms with Crippen molar-refractivity contribution >= 4 is 17.0 Å². The first-order chi connectivity index (χ1) is 9.58. The van der Waals surface area contributed by atoms with Crippen LogP contribution in [0.25, 0.3) is 11.0 Å². The molecule has 0 saturated heterocycles. The number of imidazole rings is 1. The molecule has 2 N–H and O–H groups in total. The van der Waals surface area contributed by atoms with Gasteiger partial charge in [-0.3, -0.25) is 0 Å². The Hall–Kier alpha value is -1.65. The first-order valence-corrected chi connectivity index (χ1v) is 7.20. The molecular formula is C15H19F2N3. The summed E-state index contributed by atoms with van der Waals surface area (Å²) >= 11 is 0. The molecule has 3 rings (SSSR count). The van der Waals surface area contributed by atoms with Gasteiger partial charge in [-0.2, -0.15) is 0 Å². The van der Waals surface area contributed by atoms with Gasteiger partial charge in [0.05, 0.1) is 5.52 Å². The zero-order chi connectivity index (χ0) is 14.3. The molecule has 1 aliphatic rings. The van der Waals surface area contributed by atoms with E-state index in [0.717, 1.165) is 25.3 Å². The van der Waals surface area contributed by atoms with Gasteiger partial charge in [0, 0.05) is 18.2 Å². The predicted molar refractivity (Wildman–Crippen MR) is 75.3 cm³/mol. The van der Waals surface area contributed by atoms with Crippen molar-refractivity contribution in [1.82, 2.24) is 9.55 Å². The van der Waals surface area contributed by atoms with Crippen molar-refractivity contribution in [1.29, 1.82) is 0 Å². The summed E-state index contributed by atoms with van der Waals surface area (Å²) in [7, 11) is 0. The maximum atomic E-state index is 13.8. The molecule has 2 atom stereocenters. The van der Waals surface area contributed by atoms with Crippen molar-refractivity contribution in [2.75, 3.05) is 5.73 Å². The molecule has 1 aromatic heterocycles. The first kappa shape index (κ1) is 13.3. The van der Waals surface area contributed by atoms with E-state index in [9.17, 15) is 8.78 Å². The number of hydrogen-bond donors (Lipinski definition) is 1. The number of hydrogen-bond acceptors (Lipinski definition) is 2. The lowest BCUT2D eigenvalue weighted by Crippen LogP contribution is -2.18. The molecule has 5 heteroatoms. The minimum atomic E-state index is -0.647. The lowest BCUT2D eigenvalue weighted by molar-refractivity contribution is 0.344. The van der Waals surface area contributed by atoms with Crippen molar-refractivity contribution in [3.05, 3.63) is 23.8 Å². The third-order valence-electron chi connectivity index (χ3n) is 4.39. The molecule has 108 valence electrons. The quantitative estimate of drug-likeness (QED) is 0.801. The summed E-state index contributed by atoms with van der Waals surface area (Å²) in [5.41, 5.74) is 6.62. The Morgan fingerprint density at radius 2 is 1.95 bits per heavy atom. The zero-order valence-electron chi connectivity index (χ0n) is 11.6. The molecule has 2 aromatic rings. The van der Waals surface area contributed by atoms with E-state index in [2.05, 4.69) is 11.9 Å². The number of rotatable bonds is 1. The molecule has 1 heterocycles. The molecule has 0 aliphatic heterocycles. The highest BCUT2D eigenvalue weighted by Gasteiger charge is 2.26. The van der Waals surface area contributed by atoms with Gasteiger partial charge in [-0.05, 0) is 18.8 Å². The number of anilines is 1. The normalized spacial score (nSPS) is 23.9. The second-order valence-corrected chi connectivity index (χ2v) is 5.78. The Morgan fingerprint density at radius 1 is 1.20 bits per heavy atom. The number of nitrogens with zero attached hydrogens (tertiary/aromatic N) is 2. The average molecular weight is 279 g/mol. The Kier molecular flexibility index (Phi) is 3.36. The van der Waals surface area contributed by atoms with Crippen molar-refractivity contribution in [3.8, 4) is 0 Å². The molecule has 0 radical (unpaired) electrons. The maximum absolute atomic E-state index is 13.8. The largest absolute Gasteiger partial charge is 0.369 e. The number of fused-ring (bicyclic) bond motifs is 1. The predicted octanol–water partition coefficient (Wildman–Crippen LogP) is 4.04. The summed E-state index contributed by atoms with van der Waals surface area (Å²) in [6, 6.07) is 2.36. The van der Waals surface area contributed by atoms with Crippen LogP contribution in [0, 0.1) is 17.6 Å². The molecule has 20 heavy (non-hydrogen) atoms. The van der Waals surface area contributed by atoms with Gasteiger partial charge in [0.2, 0.25) is 5.95 Å². The lowest BCUT2D eigenvalue weighted by atomic mass is 9.96. The van der Waals surface area contributed by atoms with Crippen LogP contribution in [0.15, 0.2) is 12.1 Å². The zero-order valence-corrected chi connectivity index (χ0v) is 11.6. The molecule has 0 bridgehead atoms. The van der Waals surface area contributed by atoms with E-state index >= 15 is 0 Å². The fraction of sp³-hybridized carbons (Fsp3) is 0.533. The Bertz CT molecular complexity index is 636. The molecule has 1 saturated carbocycles. The van der Waals surface area contributed by atoms with Crippen LogP contribution in [0.1, 0.15) is 45.1 Å². The smallest absolute Gasteiger partial charge is 0.201 e. The van der Waals surface area contributed by atoms with Gasteiger partial charge in [0.25, 0.3) is 0 Å². The van der Waals surface area contributed by atoms with Crippen LogP contribution in [-0.2, 0) is 0 Å². The number of aromatic nitrogens is 2.